The van der Waals surface area contributed by atoms with Gasteiger partial charge in [0.15, 0.2) is 6.61 Å². The first-order valence-corrected chi connectivity index (χ1v) is 8.70. The minimum absolute atomic E-state index is 0.144. The monoisotopic (exact) mass is 375 g/mol. The fraction of sp³-hybridized carbons (Fsp3) is 0.300. The predicted molar refractivity (Wildman–Crippen MR) is 99.9 cm³/mol. The standard InChI is InChI=1S/C20H22ClNO4/c1-14(2)25-12-15-6-8-17(9-7-15)20(24)26-13-19(23)22-11-16-4-3-5-18(21)10-16/h3-10,14H,11-13H2,1-2H3,(H,22,23). The Morgan fingerprint density at radius 3 is 2.46 bits per heavy atom. The van der Waals surface area contributed by atoms with E-state index in [4.69, 9.17) is 21.1 Å². The molecule has 1 N–H and O–H groups in total. The molecule has 0 aliphatic heterocycles. The number of esters is 1. The SMILES string of the molecule is CC(C)OCc1ccc(C(=O)OCC(=O)NCc2cccc(Cl)c2)cc1. The fourth-order valence-corrected chi connectivity index (χ4v) is 2.33. The van der Waals surface area contributed by atoms with Crippen LogP contribution in [0.5, 0.6) is 0 Å². The Labute approximate surface area is 158 Å². The Morgan fingerprint density at radius 2 is 1.81 bits per heavy atom. The molecular weight excluding hydrogens is 354 g/mol. The van der Waals surface area contributed by atoms with Crippen molar-refractivity contribution < 1.29 is 19.1 Å². The van der Waals surface area contributed by atoms with Crippen molar-refractivity contribution in [2.75, 3.05) is 6.61 Å². The van der Waals surface area contributed by atoms with Gasteiger partial charge >= 0.3 is 5.97 Å². The molecule has 0 radical (unpaired) electrons. The molecule has 0 fully saturated rings. The summed E-state index contributed by atoms with van der Waals surface area (Å²) in [7, 11) is 0. The average molecular weight is 376 g/mol. The van der Waals surface area contributed by atoms with Crippen LogP contribution in [-0.2, 0) is 27.4 Å². The molecule has 6 heteroatoms. The molecule has 5 nitrogen and oxygen atoms in total. The second kappa shape index (κ2) is 9.94. The van der Waals surface area contributed by atoms with Crippen molar-refractivity contribution in [3.63, 3.8) is 0 Å². The van der Waals surface area contributed by atoms with Crippen LogP contribution in [0, 0.1) is 0 Å². The van der Waals surface area contributed by atoms with Gasteiger partial charge in [-0.1, -0.05) is 35.9 Å². The summed E-state index contributed by atoms with van der Waals surface area (Å²) in [5, 5.41) is 3.28. The average Bonchev–Trinajstić information content (AvgIpc) is 2.63. The number of hydrogen-bond donors (Lipinski definition) is 1. The van der Waals surface area contributed by atoms with Gasteiger partial charge in [-0.2, -0.15) is 0 Å². The van der Waals surface area contributed by atoms with Crippen LogP contribution in [0.2, 0.25) is 5.02 Å². The Morgan fingerprint density at radius 1 is 1.08 bits per heavy atom. The summed E-state index contributed by atoms with van der Waals surface area (Å²) in [5.74, 6) is -0.917. The van der Waals surface area contributed by atoms with E-state index in [1.165, 1.54) is 0 Å². The third-order valence-electron chi connectivity index (χ3n) is 3.49. The Bertz CT molecular complexity index is 744. The maximum atomic E-state index is 12.0. The van der Waals surface area contributed by atoms with Crippen LogP contribution in [0.25, 0.3) is 0 Å². The molecule has 2 aromatic carbocycles. The molecule has 0 saturated heterocycles. The normalized spacial score (nSPS) is 10.6. The van der Waals surface area contributed by atoms with Gasteiger partial charge in [-0.05, 0) is 49.2 Å². The zero-order valence-electron chi connectivity index (χ0n) is 14.8. The van der Waals surface area contributed by atoms with Crippen molar-refractivity contribution in [3.05, 3.63) is 70.2 Å². The van der Waals surface area contributed by atoms with Gasteiger partial charge in [-0.3, -0.25) is 4.79 Å². The maximum Gasteiger partial charge on any atom is 0.338 e. The summed E-state index contributed by atoms with van der Waals surface area (Å²) >= 11 is 5.89. The number of nitrogens with one attached hydrogen (secondary N) is 1. The van der Waals surface area contributed by atoms with Crippen LogP contribution in [0.3, 0.4) is 0 Å². The highest BCUT2D eigenvalue weighted by Gasteiger charge is 2.10. The first kappa shape index (κ1) is 19.9. The Hall–Kier alpha value is -2.37. The fourth-order valence-electron chi connectivity index (χ4n) is 2.11. The lowest BCUT2D eigenvalue weighted by atomic mass is 10.1. The van der Waals surface area contributed by atoms with Crippen LogP contribution < -0.4 is 5.32 Å². The molecule has 1 amide bonds. The molecular formula is C20H22ClNO4. The number of carbonyl (C=O) groups is 2. The van der Waals surface area contributed by atoms with Crippen LogP contribution in [0.1, 0.15) is 35.3 Å². The first-order chi connectivity index (χ1) is 12.4. The lowest BCUT2D eigenvalue weighted by Gasteiger charge is -2.09. The number of ether oxygens (including phenoxy) is 2. The zero-order chi connectivity index (χ0) is 18.9. The number of amides is 1. The zero-order valence-corrected chi connectivity index (χ0v) is 15.6. The summed E-state index contributed by atoms with van der Waals surface area (Å²) < 4.78 is 10.5. The quantitative estimate of drug-likeness (QED) is 0.714. The van der Waals surface area contributed by atoms with E-state index in [-0.39, 0.29) is 18.6 Å². The number of rotatable bonds is 8. The van der Waals surface area contributed by atoms with Gasteiger partial charge in [0.05, 0.1) is 18.3 Å². The Kier molecular flexibility index (Phi) is 7.63. The first-order valence-electron chi connectivity index (χ1n) is 8.33. The predicted octanol–water partition coefficient (Wildman–Crippen LogP) is 3.74. The lowest BCUT2D eigenvalue weighted by Crippen LogP contribution is -2.28. The Balaban J connectivity index is 1.76. The van der Waals surface area contributed by atoms with Gasteiger partial charge < -0.3 is 14.8 Å². The molecule has 138 valence electrons. The van der Waals surface area contributed by atoms with Crippen molar-refractivity contribution in [1.82, 2.24) is 5.32 Å². The molecule has 0 atom stereocenters. The summed E-state index contributed by atoms with van der Waals surface area (Å²) in [6.45, 7) is 4.39. The van der Waals surface area contributed by atoms with Gasteiger partial charge in [0.2, 0.25) is 0 Å². The van der Waals surface area contributed by atoms with E-state index in [2.05, 4.69) is 5.32 Å². The number of halogens is 1. The van der Waals surface area contributed by atoms with E-state index in [0.717, 1.165) is 11.1 Å². The van der Waals surface area contributed by atoms with Crippen molar-refractivity contribution in [3.8, 4) is 0 Å². The van der Waals surface area contributed by atoms with Crippen molar-refractivity contribution in [2.24, 2.45) is 0 Å². The van der Waals surface area contributed by atoms with E-state index >= 15 is 0 Å². The van der Waals surface area contributed by atoms with Gasteiger partial charge in [0.25, 0.3) is 5.91 Å². The highest BCUT2D eigenvalue weighted by Crippen LogP contribution is 2.10. The number of hydrogen-bond acceptors (Lipinski definition) is 4. The van der Waals surface area contributed by atoms with Gasteiger partial charge in [0.1, 0.15) is 0 Å². The molecule has 26 heavy (non-hydrogen) atoms. The highest BCUT2D eigenvalue weighted by atomic mass is 35.5. The van der Waals surface area contributed by atoms with E-state index in [0.29, 0.717) is 23.7 Å². The van der Waals surface area contributed by atoms with E-state index < -0.39 is 5.97 Å². The van der Waals surface area contributed by atoms with Gasteiger partial charge in [-0.25, -0.2) is 4.79 Å². The molecule has 0 aliphatic carbocycles. The smallest absolute Gasteiger partial charge is 0.338 e. The molecule has 2 aromatic rings. The second-order valence-corrected chi connectivity index (χ2v) is 6.48. The van der Waals surface area contributed by atoms with E-state index in [1.54, 1.807) is 42.5 Å². The van der Waals surface area contributed by atoms with Crippen molar-refractivity contribution in [1.29, 1.82) is 0 Å². The third-order valence-corrected chi connectivity index (χ3v) is 3.72. The molecule has 0 heterocycles. The summed E-state index contributed by atoms with van der Waals surface area (Å²) in [6.07, 6.45) is 0.144. The molecule has 0 spiro atoms. The molecule has 0 unspecified atom stereocenters. The third kappa shape index (κ3) is 6.86. The largest absolute Gasteiger partial charge is 0.452 e. The molecule has 0 aromatic heterocycles. The molecule has 0 aliphatic rings. The number of carbonyl (C=O) groups excluding carboxylic acids is 2. The topological polar surface area (TPSA) is 64.6 Å². The van der Waals surface area contributed by atoms with Gasteiger partial charge in [-0.15, -0.1) is 0 Å². The molecule has 0 bridgehead atoms. The molecule has 0 saturated carbocycles. The van der Waals surface area contributed by atoms with E-state index in [9.17, 15) is 9.59 Å². The minimum atomic E-state index is -0.542. The molecule has 2 rings (SSSR count). The summed E-state index contributed by atoms with van der Waals surface area (Å²) in [5.41, 5.74) is 2.23. The summed E-state index contributed by atoms with van der Waals surface area (Å²) in [4.78, 5) is 23.8. The van der Waals surface area contributed by atoms with Crippen molar-refractivity contribution >= 4 is 23.5 Å². The minimum Gasteiger partial charge on any atom is -0.452 e. The van der Waals surface area contributed by atoms with Crippen LogP contribution in [0.15, 0.2) is 48.5 Å². The maximum absolute atomic E-state index is 12.0. The number of benzene rings is 2. The lowest BCUT2D eigenvalue weighted by molar-refractivity contribution is -0.124. The van der Waals surface area contributed by atoms with Gasteiger partial charge in [0, 0.05) is 11.6 Å². The van der Waals surface area contributed by atoms with Crippen LogP contribution >= 0.6 is 11.6 Å². The highest BCUT2D eigenvalue weighted by molar-refractivity contribution is 6.30. The van der Waals surface area contributed by atoms with Crippen molar-refractivity contribution in [2.45, 2.75) is 33.1 Å². The van der Waals surface area contributed by atoms with Crippen LogP contribution in [-0.4, -0.2) is 24.6 Å². The summed E-state index contributed by atoms with van der Waals surface area (Å²) in [6, 6.07) is 14.1. The van der Waals surface area contributed by atoms with Crippen LogP contribution in [0.4, 0.5) is 0 Å². The van der Waals surface area contributed by atoms with E-state index in [1.807, 2.05) is 19.9 Å². The second-order valence-electron chi connectivity index (χ2n) is 6.04.